The number of fused-ring (bicyclic) bond motifs is 1. The van der Waals surface area contributed by atoms with Crippen molar-refractivity contribution < 1.29 is 4.42 Å². The molecule has 0 amide bonds. The van der Waals surface area contributed by atoms with E-state index in [-0.39, 0.29) is 0 Å². The second-order valence-electron chi connectivity index (χ2n) is 4.99. The summed E-state index contributed by atoms with van der Waals surface area (Å²) in [6.07, 6.45) is 6.65. The van der Waals surface area contributed by atoms with E-state index < -0.39 is 0 Å². The largest absolute Gasteiger partial charge is 0.464 e. The SMILES string of the molecule is NCc1c(C2CCCCC2)oc2c1CNC2. The molecule has 0 aromatic carbocycles. The van der Waals surface area contributed by atoms with Gasteiger partial charge in [-0.1, -0.05) is 19.3 Å². The maximum atomic E-state index is 6.05. The number of nitrogens with one attached hydrogen (secondary N) is 1. The lowest BCUT2D eigenvalue weighted by Gasteiger charge is -2.21. The van der Waals surface area contributed by atoms with Gasteiger partial charge in [-0.3, -0.25) is 0 Å². The Bertz CT molecular complexity index is 378. The molecule has 1 aromatic rings. The molecule has 2 heterocycles. The van der Waals surface area contributed by atoms with Crippen LogP contribution in [0.4, 0.5) is 0 Å². The highest BCUT2D eigenvalue weighted by Gasteiger charge is 2.28. The topological polar surface area (TPSA) is 51.2 Å². The van der Waals surface area contributed by atoms with Gasteiger partial charge in [-0.2, -0.15) is 0 Å². The fraction of sp³-hybridized carbons (Fsp3) is 0.692. The molecule has 16 heavy (non-hydrogen) atoms. The summed E-state index contributed by atoms with van der Waals surface area (Å²) >= 11 is 0. The van der Waals surface area contributed by atoms with E-state index in [0.29, 0.717) is 12.5 Å². The van der Waals surface area contributed by atoms with Crippen LogP contribution < -0.4 is 11.1 Å². The first-order valence-electron chi connectivity index (χ1n) is 6.44. The van der Waals surface area contributed by atoms with Crippen LogP contribution in [0.25, 0.3) is 0 Å². The molecule has 3 rings (SSSR count). The third-order valence-corrected chi connectivity index (χ3v) is 4.00. The minimum Gasteiger partial charge on any atom is -0.464 e. The molecule has 0 spiro atoms. The van der Waals surface area contributed by atoms with E-state index in [1.54, 1.807) is 0 Å². The summed E-state index contributed by atoms with van der Waals surface area (Å²) in [7, 11) is 0. The summed E-state index contributed by atoms with van der Waals surface area (Å²) in [5.41, 5.74) is 8.54. The highest BCUT2D eigenvalue weighted by molar-refractivity contribution is 5.37. The van der Waals surface area contributed by atoms with Crippen molar-refractivity contribution in [2.24, 2.45) is 5.73 Å². The molecule has 0 unspecified atom stereocenters. The standard InChI is InChI=1S/C13H20N2O/c14-6-10-11-7-15-8-12(11)16-13(10)9-4-2-1-3-5-9/h9,15H,1-8,14H2. The van der Waals surface area contributed by atoms with E-state index in [1.165, 1.54) is 49.0 Å². The van der Waals surface area contributed by atoms with Crippen molar-refractivity contribution in [3.63, 3.8) is 0 Å². The molecule has 0 bridgehead atoms. The van der Waals surface area contributed by atoms with Gasteiger partial charge in [0, 0.05) is 30.1 Å². The summed E-state index contributed by atoms with van der Waals surface area (Å²) in [4.78, 5) is 0. The lowest BCUT2D eigenvalue weighted by Crippen LogP contribution is -2.11. The molecule has 0 atom stereocenters. The molecule has 3 N–H and O–H groups in total. The molecule has 3 heteroatoms. The van der Waals surface area contributed by atoms with Gasteiger partial charge in [0.2, 0.25) is 0 Å². The normalized spacial score (nSPS) is 21.3. The first-order chi connectivity index (χ1) is 7.90. The van der Waals surface area contributed by atoms with Crippen LogP contribution in [-0.4, -0.2) is 0 Å². The fourth-order valence-corrected chi connectivity index (χ4v) is 3.14. The van der Waals surface area contributed by atoms with Gasteiger partial charge in [-0.15, -0.1) is 0 Å². The molecule has 3 nitrogen and oxygen atoms in total. The first-order valence-corrected chi connectivity index (χ1v) is 6.44. The zero-order chi connectivity index (χ0) is 11.0. The molecule has 2 aliphatic rings. The molecular weight excluding hydrogens is 200 g/mol. The van der Waals surface area contributed by atoms with Crippen LogP contribution in [-0.2, 0) is 19.6 Å². The Labute approximate surface area is 96.4 Å². The van der Waals surface area contributed by atoms with Crippen LogP contribution in [0.5, 0.6) is 0 Å². The van der Waals surface area contributed by atoms with Crippen molar-refractivity contribution in [2.45, 2.75) is 57.7 Å². The van der Waals surface area contributed by atoms with E-state index in [0.717, 1.165) is 18.8 Å². The smallest absolute Gasteiger partial charge is 0.122 e. The van der Waals surface area contributed by atoms with Gasteiger partial charge in [0.1, 0.15) is 11.5 Å². The predicted molar refractivity (Wildman–Crippen MR) is 63.0 cm³/mol. The number of furan rings is 1. The molecule has 1 fully saturated rings. The third-order valence-electron chi connectivity index (χ3n) is 4.00. The lowest BCUT2D eigenvalue weighted by atomic mass is 9.85. The summed E-state index contributed by atoms with van der Waals surface area (Å²) < 4.78 is 6.05. The second kappa shape index (κ2) is 4.22. The quantitative estimate of drug-likeness (QED) is 0.804. The van der Waals surface area contributed by atoms with Gasteiger partial charge in [0.05, 0.1) is 6.54 Å². The molecule has 1 aromatic heterocycles. The van der Waals surface area contributed by atoms with Crippen LogP contribution in [0.15, 0.2) is 4.42 Å². The van der Waals surface area contributed by atoms with Gasteiger partial charge in [0.25, 0.3) is 0 Å². The zero-order valence-corrected chi connectivity index (χ0v) is 9.72. The zero-order valence-electron chi connectivity index (χ0n) is 9.72. The van der Waals surface area contributed by atoms with Gasteiger partial charge < -0.3 is 15.5 Å². The molecule has 1 aliphatic carbocycles. The average molecular weight is 220 g/mol. The Hall–Kier alpha value is -0.800. The molecule has 0 radical (unpaired) electrons. The van der Waals surface area contributed by atoms with E-state index in [2.05, 4.69) is 5.32 Å². The van der Waals surface area contributed by atoms with Crippen LogP contribution >= 0.6 is 0 Å². The number of rotatable bonds is 2. The molecule has 1 saturated carbocycles. The van der Waals surface area contributed by atoms with Crippen molar-refractivity contribution in [1.29, 1.82) is 0 Å². The maximum Gasteiger partial charge on any atom is 0.122 e. The number of hydrogen-bond donors (Lipinski definition) is 2. The minimum atomic E-state index is 0.631. The van der Waals surface area contributed by atoms with Gasteiger partial charge in [-0.25, -0.2) is 0 Å². The highest BCUT2D eigenvalue weighted by Crippen LogP contribution is 2.38. The average Bonchev–Trinajstić information content (AvgIpc) is 2.89. The van der Waals surface area contributed by atoms with Crippen molar-refractivity contribution in [3.8, 4) is 0 Å². The van der Waals surface area contributed by atoms with Gasteiger partial charge >= 0.3 is 0 Å². The summed E-state index contributed by atoms with van der Waals surface area (Å²) in [6.45, 7) is 2.46. The fourth-order valence-electron chi connectivity index (χ4n) is 3.14. The third kappa shape index (κ3) is 1.59. The van der Waals surface area contributed by atoms with Crippen LogP contribution in [0, 0.1) is 0 Å². The predicted octanol–water partition coefficient (Wildman–Crippen LogP) is 2.39. The van der Waals surface area contributed by atoms with Crippen molar-refractivity contribution in [1.82, 2.24) is 5.32 Å². The number of hydrogen-bond acceptors (Lipinski definition) is 3. The summed E-state index contributed by atoms with van der Waals surface area (Å²) in [5, 5.41) is 3.32. The lowest BCUT2D eigenvalue weighted by molar-refractivity contribution is 0.358. The Morgan fingerprint density at radius 2 is 2.00 bits per heavy atom. The molecule has 1 aliphatic heterocycles. The summed E-state index contributed by atoms with van der Waals surface area (Å²) in [5.74, 6) is 2.99. The van der Waals surface area contributed by atoms with Crippen LogP contribution in [0.3, 0.4) is 0 Å². The van der Waals surface area contributed by atoms with E-state index in [1.807, 2.05) is 0 Å². The van der Waals surface area contributed by atoms with Crippen molar-refractivity contribution >= 4 is 0 Å². The molecule has 88 valence electrons. The van der Waals surface area contributed by atoms with Crippen molar-refractivity contribution in [3.05, 3.63) is 22.6 Å². The Balaban J connectivity index is 1.93. The minimum absolute atomic E-state index is 0.631. The Morgan fingerprint density at radius 3 is 2.75 bits per heavy atom. The number of nitrogens with two attached hydrogens (primary N) is 1. The van der Waals surface area contributed by atoms with E-state index >= 15 is 0 Å². The van der Waals surface area contributed by atoms with E-state index in [9.17, 15) is 0 Å². The van der Waals surface area contributed by atoms with Crippen molar-refractivity contribution in [2.75, 3.05) is 0 Å². The van der Waals surface area contributed by atoms with Gasteiger partial charge in [-0.05, 0) is 12.8 Å². The maximum absolute atomic E-state index is 6.05. The van der Waals surface area contributed by atoms with Crippen LogP contribution in [0.1, 0.15) is 60.7 Å². The highest BCUT2D eigenvalue weighted by atomic mass is 16.3. The molecule has 0 saturated heterocycles. The van der Waals surface area contributed by atoms with E-state index in [4.69, 9.17) is 10.2 Å². The second-order valence-corrected chi connectivity index (χ2v) is 4.99. The Kier molecular flexibility index (Phi) is 2.74. The molecular formula is C13H20N2O. The first kappa shape index (κ1) is 10.4. The van der Waals surface area contributed by atoms with Crippen LogP contribution in [0.2, 0.25) is 0 Å². The Morgan fingerprint density at radius 1 is 1.19 bits per heavy atom. The monoisotopic (exact) mass is 220 g/mol. The summed E-state index contributed by atoms with van der Waals surface area (Å²) in [6, 6.07) is 0. The van der Waals surface area contributed by atoms with Gasteiger partial charge in [0.15, 0.2) is 0 Å².